The average Bonchev–Trinajstić information content (AvgIpc) is 3.05. The van der Waals surface area contributed by atoms with Crippen LogP contribution < -0.4 is 9.47 Å². The topological polar surface area (TPSA) is 48.0 Å². The lowest BCUT2D eigenvalue weighted by atomic mass is 9.59. The van der Waals surface area contributed by atoms with Crippen LogP contribution in [-0.4, -0.2) is 43.8 Å². The molecule has 2 aliphatic heterocycles. The van der Waals surface area contributed by atoms with Crippen molar-refractivity contribution in [1.29, 1.82) is 0 Å². The molecule has 1 fully saturated rings. The fourth-order valence-corrected chi connectivity index (χ4v) is 6.39. The molecule has 0 bridgehead atoms. The summed E-state index contributed by atoms with van der Waals surface area (Å²) in [4.78, 5) is 15.4. The van der Waals surface area contributed by atoms with Gasteiger partial charge in [0.2, 0.25) is 0 Å². The van der Waals surface area contributed by atoms with Crippen molar-refractivity contribution >= 4 is 5.97 Å². The highest BCUT2D eigenvalue weighted by Gasteiger charge is 2.58. The molecular formula is C29H37NO4. The zero-order valence-electron chi connectivity index (χ0n) is 21.3. The smallest absolute Gasteiger partial charge is 0.338 e. The van der Waals surface area contributed by atoms with Crippen molar-refractivity contribution in [2.24, 2.45) is 5.92 Å². The first-order valence-corrected chi connectivity index (χ1v) is 12.5. The Labute approximate surface area is 203 Å². The van der Waals surface area contributed by atoms with Crippen molar-refractivity contribution in [2.75, 3.05) is 20.7 Å². The summed E-state index contributed by atoms with van der Waals surface area (Å²) in [5.41, 5.74) is 4.46. The van der Waals surface area contributed by atoms with Crippen LogP contribution in [0.4, 0.5) is 0 Å². The van der Waals surface area contributed by atoms with E-state index in [0.717, 1.165) is 37.4 Å². The monoisotopic (exact) mass is 463 g/mol. The summed E-state index contributed by atoms with van der Waals surface area (Å²) in [6, 6.07) is 12.1. The number of benzene rings is 2. The molecule has 0 aromatic heterocycles. The van der Waals surface area contributed by atoms with Crippen molar-refractivity contribution in [3.63, 3.8) is 0 Å². The van der Waals surface area contributed by atoms with Gasteiger partial charge in [-0.2, -0.15) is 0 Å². The van der Waals surface area contributed by atoms with Gasteiger partial charge in [-0.05, 0) is 67.1 Å². The summed E-state index contributed by atoms with van der Waals surface area (Å²) in [6.45, 7) is 10.8. The molecule has 3 aliphatic rings. The van der Waals surface area contributed by atoms with Crippen LogP contribution in [0.15, 0.2) is 36.4 Å². The molecule has 1 saturated carbocycles. The summed E-state index contributed by atoms with van der Waals surface area (Å²) in [5, 5.41) is 0. The SMILES string of the molecule is COc1ccc2c3c1OC1C[C@@H](OC(=O)c4ccc(C(C)(C)C)cc4)CC(C)[C@@]31CCN(C)C2. The number of nitrogens with zero attached hydrogens (tertiary/aromatic N) is 1. The first-order chi connectivity index (χ1) is 16.1. The summed E-state index contributed by atoms with van der Waals surface area (Å²) < 4.78 is 18.4. The maximum Gasteiger partial charge on any atom is 0.338 e. The van der Waals surface area contributed by atoms with E-state index in [1.807, 2.05) is 30.3 Å². The van der Waals surface area contributed by atoms with Crippen molar-refractivity contribution in [1.82, 2.24) is 4.90 Å². The summed E-state index contributed by atoms with van der Waals surface area (Å²) in [5.74, 6) is 1.78. The Balaban J connectivity index is 1.40. The van der Waals surface area contributed by atoms with Gasteiger partial charge in [0, 0.05) is 23.9 Å². The quantitative estimate of drug-likeness (QED) is 0.564. The average molecular weight is 464 g/mol. The molecule has 2 unspecified atom stereocenters. The van der Waals surface area contributed by atoms with Crippen LogP contribution in [0.5, 0.6) is 11.5 Å². The van der Waals surface area contributed by atoms with E-state index in [-0.39, 0.29) is 29.0 Å². The molecule has 4 atom stereocenters. The van der Waals surface area contributed by atoms with E-state index in [0.29, 0.717) is 17.9 Å². The van der Waals surface area contributed by atoms with Crippen molar-refractivity contribution < 1.29 is 19.0 Å². The first-order valence-electron chi connectivity index (χ1n) is 12.5. The highest BCUT2D eigenvalue weighted by Crippen LogP contribution is 2.59. The normalized spacial score (nSPS) is 28.4. The summed E-state index contributed by atoms with van der Waals surface area (Å²) in [6.07, 6.45) is 2.40. The Morgan fingerprint density at radius 3 is 2.53 bits per heavy atom. The largest absolute Gasteiger partial charge is 0.493 e. The van der Waals surface area contributed by atoms with Crippen LogP contribution in [0.25, 0.3) is 0 Å². The molecule has 1 aliphatic carbocycles. The van der Waals surface area contributed by atoms with Crippen LogP contribution in [0.3, 0.4) is 0 Å². The predicted molar refractivity (Wildman–Crippen MR) is 133 cm³/mol. The standard InChI is InChI=1S/C29H37NO4/c1-18-15-22(33-27(31)19-7-10-21(11-8-19)28(2,3)4)16-24-29(18)13-14-30(5)17-20-9-12-23(32-6)26(34-24)25(20)29/h7-12,18,22,24H,13-17H2,1-6H3/t18?,22-,24?,29+/m0/s1. The molecule has 5 heteroatoms. The molecule has 34 heavy (non-hydrogen) atoms. The predicted octanol–water partition coefficient (Wildman–Crippen LogP) is 5.48. The highest BCUT2D eigenvalue weighted by atomic mass is 16.6. The minimum atomic E-state index is -0.247. The Kier molecular flexibility index (Phi) is 5.67. The zero-order valence-corrected chi connectivity index (χ0v) is 21.3. The van der Waals surface area contributed by atoms with E-state index in [2.05, 4.69) is 45.7 Å². The van der Waals surface area contributed by atoms with E-state index < -0.39 is 0 Å². The van der Waals surface area contributed by atoms with E-state index >= 15 is 0 Å². The molecule has 5 rings (SSSR count). The summed E-state index contributed by atoms with van der Waals surface area (Å²) in [7, 11) is 3.89. The Hall–Kier alpha value is -2.53. The lowest BCUT2D eigenvalue weighted by molar-refractivity contribution is -0.0378. The molecular weight excluding hydrogens is 426 g/mol. The summed E-state index contributed by atoms with van der Waals surface area (Å²) >= 11 is 0. The van der Waals surface area contributed by atoms with Crippen molar-refractivity contribution in [3.8, 4) is 11.5 Å². The molecule has 182 valence electrons. The second-order valence-electron chi connectivity index (χ2n) is 11.5. The number of methoxy groups -OCH3 is 1. The lowest BCUT2D eigenvalue weighted by Crippen LogP contribution is -2.52. The minimum absolute atomic E-state index is 0.0196. The Morgan fingerprint density at radius 1 is 1.12 bits per heavy atom. The third-order valence-corrected chi connectivity index (χ3v) is 8.31. The number of carbonyl (C=O) groups excluding carboxylic acids is 1. The van der Waals surface area contributed by atoms with Crippen LogP contribution in [0.1, 0.15) is 74.0 Å². The molecule has 2 heterocycles. The number of carbonyl (C=O) groups is 1. The van der Waals surface area contributed by atoms with Crippen LogP contribution >= 0.6 is 0 Å². The van der Waals surface area contributed by atoms with Gasteiger partial charge >= 0.3 is 5.97 Å². The van der Waals surface area contributed by atoms with E-state index in [9.17, 15) is 4.79 Å². The van der Waals surface area contributed by atoms with Gasteiger partial charge in [-0.3, -0.25) is 0 Å². The number of hydrogen-bond acceptors (Lipinski definition) is 5. The van der Waals surface area contributed by atoms with Gasteiger partial charge in [0.05, 0.1) is 12.7 Å². The number of rotatable bonds is 3. The van der Waals surface area contributed by atoms with E-state index in [1.54, 1.807) is 7.11 Å². The molecule has 0 N–H and O–H groups in total. The molecule has 2 aromatic carbocycles. The van der Waals surface area contributed by atoms with Gasteiger partial charge in [-0.1, -0.05) is 45.9 Å². The maximum absolute atomic E-state index is 13.0. The number of hydrogen-bond donors (Lipinski definition) is 0. The molecule has 5 nitrogen and oxygen atoms in total. The van der Waals surface area contributed by atoms with E-state index in [1.165, 1.54) is 16.7 Å². The Morgan fingerprint density at radius 2 is 1.85 bits per heavy atom. The highest BCUT2D eigenvalue weighted by molar-refractivity contribution is 5.89. The van der Waals surface area contributed by atoms with Gasteiger partial charge in [0.25, 0.3) is 0 Å². The fraction of sp³-hybridized carbons (Fsp3) is 0.552. The van der Waals surface area contributed by atoms with Gasteiger partial charge in [0.1, 0.15) is 12.2 Å². The van der Waals surface area contributed by atoms with Gasteiger partial charge < -0.3 is 19.1 Å². The van der Waals surface area contributed by atoms with Crippen LogP contribution in [0, 0.1) is 5.92 Å². The first kappa shape index (κ1) is 23.2. The fourth-order valence-electron chi connectivity index (χ4n) is 6.39. The van der Waals surface area contributed by atoms with Crippen molar-refractivity contribution in [2.45, 2.75) is 76.5 Å². The van der Waals surface area contributed by atoms with Crippen LogP contribution in [0.2, 0.25) is 0 Å². The molecule has 2 aromatic rings. The van der Waals surface area contributed by atoms with Crippen LogP contribution in [-0.2, 0) is 22.1 Å². The lowest BCUT2D eigenvalue weighted by Gasteiger charge is -2.46. The third-order valence-electron chi connectivity index (χ3n) is 8.31. The van der Waals surface area contributed by atoms with Gasteiger partial charge in [0.15, 0.2) is 11.5 Å². The maximum atomic E-state index is 13.0. The molecule has 1 spiro atoms. The molecule has 0 saturated heterocycles. The van der Waals surface area contributed by atoms with E-state index in [4.69, 9.17) is 14.2 Å². The second kappa shape index (κ2) is 8.30. The third kappa shape index (κ3) is 3.69. The number of esters is 1. The zero-order chi connectivity index (χ0) is 24.3. The van der Waals surface area contributed by atoms with Gasteiger partial charge in [-0.15, -0.1) is 0 Å². The van der Waals surface area contributed by atoms with Crippen molar-refractivity contribution in [3.05, 3.63) is 58.7 Å². The minimum Gasteiger partial charge on any atom is -0.493 e. The second-order valence-corrected chi connectivity index (χ2v) is 11.5. The molecule has 0 radical (unpaired) electrons. The molecule has 0 amide bonds. The number of ether oxygens (including phenoxy) is 3. The van der Waals surface area contributed by atoms with Gasteiger partial charge in [-0.25, -0.2) is 4.79 Å². The Bertz CT molecular complexity index is 1090.